The van der Waals surface area contributed by atoms with Crippen molar-refractivity contribution in [1.29, 1.82) is 0 Å². The van der Waals surface area contributed by atoms with Gasteiger partial charge in [0.2, 0.25) is 0 Å². The number of methoxy groups -OCH3 is 1. The highest BCUT2D eigenvalue weighted by Gasteiger charge is 2.38. The lowest BCUT2D eigenvalue weighted by Crippen LogP contribution is -2.34. The summed E-state index contributed by atoms with van der Waals surface area (Å²) in [5, 5.41) is 0. The average molecular weight is 399 g/mol. The Kier molecular flexibility index (Phi) is 6.98. The smallest absolute Gasteiger partial charge is 0.130 e. The van der Waals surface area contributed by atoms with Crippen LogP contribution in [0.25, 0.3) is 0 Å². The number of rotatable bonds is 6. The quantitative estimate of drug-likeness (QED) is 0.442. The normalized spacial score (nSPS) is 35.0. The minimum atomic E-state index is -0.0819. The Bertz CT molecular complexity index is 675. The third kappa shape index (κ3) is 4.89. The zero-order valence-electron chi connectivity index (χ0n) is 18.3. The standard InChI is InChI=1S/C27H39FO/c1-3-4-5-19-6-7-24-17-23(13-12-22(24)16-19)20-8-10-21(11-9-20)26-15-14-25(29-2)18-27(26)28/h3,14-15,18-24H,1,4-13,16-17H2,2H3. The molecule has 0 spiro atoms. The van der Waals surface area contributed by atoms with Gasteiger partial charge in [-0.15, -0.1) is 6.58 Å². The van der Waals surface area contributed by atoms with Gasteiger partial charge in [-0.2, -0.15) is 0 Å². The molecule has 160 valence electrons. The molecule has 0 aromatic heterocycles. The highest BCUT2D eigenvalue weighted by Crippen LogP contribution is 2.50. The van der Waals surface area contributed by atoms with Crippen molar-refractivity contribution in [3.8, 4) is 5.75 Å². The lowest BCUT2D eigenvalue weighted by atomic mass is 9.60. The largest absolute Gasteiger partial charge is 0.497 e. The Morgan fingerprint density at radius 1 is 0.931 bits per heavy atom. The molecule has 4 rings (SSSR count). The number of halogens is 1. The summed E-state index contributed by atoms with van der Waals surface area (Å²) in [6.45, 7) is 3.90. The van der Waals surface area contributed by atoms with E-state index in [1.165, 1.54) is 64.2 Å². The summed E-state index contributed by atoms with van der Waals surface area (Å²) in [6.07, 6.45) is 18.3. The van der Waals surface area contributed by atoms with Crippen molar-refractivity contribution in [3.63, 3.8) is 0 Å². The Morgan fingerprint density at radius 3 is 2.28 bits per heavy atom. The van der Waals surface area contributed by atoms with Crippen LogP contribution in [0.4, 0.5) is 4.39 Å². The van der Waals surface area contributed by atoms with Gasteiger partial charge in [-0.05, 0) is 118 Å². The van der Waals surface area contributed by atoms with Crippen LogP contribution < -0.4 is 4.74 Å². The van der Waals surface area contributed by atoms with Crippen LogP contribution in [0.3, 0.4) is 0 Å². The summed E-state index contributed by atoms with van der Waals surface area (Å²) >= 11 is 0. The molecule has 3 aliphatic carbocycles. The highest BCUT2D eigenvalue weighted by atomic mass is 19.1. The van der Waals surface area contributed by atoms with Gasteiger partial charge in [0.1, 0.15) is 11.6 Å². The minimum Gasteiger partial charge on any atom is -0.497 e. The van der Waals surface area contributed by atoms with Crippen LogP contribution >= 0.6 is 0 Å². The predicted molar refractivity (Wildman–Crippen MR) is 119 cm³/mol. The van der Waals surface area contributed by atoms with Crippen LogP contribution in [0.2, 0.25) is 0 Å². The first-order valence-electron chi connectivity index (χ1n) is 12.1. The first kappa shape index (κ1) is 20.9. The van der Waals surface area contributed by atoms with Crippen molar-refractivity contribution in [2.24, 2.45) is 29.6 Å². The average Bonchev–Trinajstić information content (AvgIpc) is 2.77. The van der Waals surface area contributed by atoms with E-state index < -0.39 is 0 Å². The van der Waals surface area contributed by atoms with E-state index in [0.29, 0.717) is 11.7 Å². The lowest BCUT2D eigenvalue weighted by Gasteiger charge is -2.45. The summed E-state index contributed by atoms with van der Waals surface area (Å²) in [6, 6.07) is 5.42. The second kappa shape index (κ2) is 9.67. The molecule has 4 atom stereocenters. The maximum atomic E-state index is 14.5. The number of benzene rings is 1. The minimum absolute atomic E-state index is 0.0819. The van der Waals surface area contributed by atoms with Crippen LogP contribution in [-0.2, 0) is 0 Å². The first-order chi connectivity index (χ1) is 14.2. The summed E-state index contributed by atoms with van der Waals surface area (Å²) in [4.78, 5) is 0. The van der Waals surface area contributed by atoms with Crippen molar-refractivity contribution >= 4 is 0 Å². The fourth-order valence-electron chi connectivity index (χ4n) is 6.93. The molecule has 29 heavy (non-hydrogen) atoms. The van der Waals surface area contributed by atoms with Crippen LogP contribution in [0.15, 0.2) is 30.9 Å². The third-order valence-electron chi connectivity index (χ3n) is 8.63. The summed E-state index contributed by atoms with van der Waals surface area (Å²) in [5.41, 5.74) is 0.908. The van der Waals surface area contributed by atoms with Crippen LogP contribution in [0.5, 0.6) is 5.75 Å². The molecule has 1 aromatic carbocycles. The first-order valence-corrected chi connectivity index (χ1v) is 12.1. The van der Waals surface area contributed by atoms with E-state index in [1.54, 1.807) is 13.2 Å². The maximum absolute atomic E-state index is 14.5. The molecule has 0 bridgehead atoms. The molecule has 0 saturated heterocycles. The van der Waals surface area contributed by atoms with Crippen molar-refractivity contribution in [2.75, 3.05) is 7.11 Å². The SMILES string of the molecule is C=CCCC1CCC2CC(C3CCC(c4ccc(OC)cc4F)CC3)CCC2C1. The van der Waals surface area contributed by atoms with Gasteiger partial charge in [0, 0.05) is 6.07 Å². The van der Waals surface area contributed by atoms with E-state index in [1.807, 2.05) is 12.1 Å². The number of ether oxygens (including phenoxy) is 1. The molecule has 0 radical (unpaired) electrons. The molecule has 0 amide bonds. The Labute approximate surface area is 177 Å². The van der Waals surface area contributed by atoms with E-state index in [9.17, 15) is 4.39 Å². The van der Waals surface area contributed by atoms with Crippen molar-refractivity contribution in [3.05, 3.63) is 42.2 Å². The van der Waals surface area contributed by atoms with Gasteiger partial charge < -0.3 is 4.74 Å². The van der Waals surface area contributed by atoms with E-state index in [4.69, 9.17) is 4.74 Å². The van der Waals surface area contributed by atoms with Gasteiger partial charge in [0.15, 0.2) is 0 Å². The predicted octanol–water partition coefficient (Wildman–Crippen LogP) is 7.91. The summed E-state index contributed by atoms with van der Waals surface area (Å²) < 4.78 is 19.6. The third-order valence-corrected chi connectivity index (χ3v) is 8.63. The van der Waals surface area contributed by atoms with E-state index in [-0.39, 0.29) is 5.82 Å². The van der Waals surface area contributed by atoms with Gasteiger partial charge >= 0.3 is 0 Å². The second-order valence-electron chi connectivity index (χ2n) is 10.1. The Balaban J connectivity index is 1.27. The second-order valence-corrected chi connectivity index (χ2v) is 10.1. The number of hydrogen-bond donors (Lipinski definition) is 0. The van der Waals surface area contributed by atoms with Gasteiger partial charge in [0.05, 0.1) is 7.11 Å². The van der Waals surface area contributed by atoms with Crippen LogP contribution in [0, 0.1) is 35.4 Å². The van der Waals surface area contributed by atoms with Gasteiger partial charge in [-0.25, -0.2) is 4.39 Å². The molecule has 1 aromatic rings. The maximum Gasteiger partial charge on any atom is 0.130 e. The molecule has 0 N–H and O–H groups in total. The fourth-order valence-corrected chi connectivity index (χ4v) is 6.93. The zero-order chi connectivity index (χ0) is 20.2. The Morgan fingerprint density at radius 2 is 1.59 bits per heavy atom. The topological polar surface area (TPSA) is 9.23 Å². The van der Waals surface area contributed by atoms with E-state index >= 15 is 0 Å². The van der Waals surface area contributed by atoms with Crippen LogP contribution in [-0.4, -0.2) is 7.11 Å². The van der Waals surface area contributed by atoms with E-state index in [2.05, 4.69) is 12.7 Å². The summed E-state index contributed by atoms with van der Waals surface area (Å²) in [7, 11) is 1.60. The molecule has 3 saturated carbocycles. The van der Waals surface area contributed by atoms with Crippen LogP contribution in [0.1, 0.15) is 88.5 Å². The summed E-state index contributed by atoms with van der Waals surface area (Å²) in [5.74, 6) is 5.70. The molecule has 0 heterocycles. The van der Waals surface area contributed by atoms with Crippen molar-refractivity contribution in [1.82, 2.24) is 0 Å². The monoisotopic (exact) mass is 398 g/mol. The fraction of sp³-hybridized carbons (Fsp3) is 0.704. The van der Waals surface area contributed by atoms with Crippen molar-refractivity contribution in [2.45, 2.75) is 83.0 Å². The Hall–Kier alpha value is -1.31. The highest BCUT2D eigenvalue weighted by molar-refractivity contribution is 5.31. The molecular weight excluding hydrogens is 359 g/mol. The molecule has 4 unspecified atom stereocenters. The number of allylic oxidation sites excluding steroid dienone is 1. The molecule has 3 fully saturated rings. The van der Waals surface area contributed by atoms with Crippen molar-refractivity contribution < 1.29 is 9.13 Å². The van der Waals surface area contributed by atoms with Gasteiger partial charge in [-0.1, -0.05) is 18.6 Å². The molecule has 1 nitrogen and oxygen atoms in total. The zero-order valence-corrected chi connectivity index (χ0v) is 18.3. The van der Waals surface area contributed by atoms with Gasteiger partial charge in [0.25, 0.3) is 0 Å². The van der Waals surface area contributed by atoms with E-state index in [0.717, 1.165) is 48.0 Å². The van der Waals surface area contributed by atoms with Gasteiger partial charge in [-0.3, -0.25) is 0 Å². The lowest BCUT2D eigenvalue weighted by molar-refractivity contribution is 0.0620. The molecule has 0 aliphatic heterocycles. The molecular formula is C27H39FO. The number of fused-ring (bicyclic) bond motifs is 1. The molecule has 3 aliphatic rings. The molecule has 2 heteroatoms. The number of hydrogen-bond acceptors (Lipinski definition) is 1.